The zero-order chi connectivity index (χ0) is 15.8. The highest BCUT2D eigenvalue weighted by Gasteiger charge is 2.25. The average Bonchev–Trinajstić information content (AvgIpc) is 2.52. The molecule has 21 heavy (non-hydrogen) atoms. The van der Waals surface area contributed by atoms with E-state index in [9.17, 15) is 9.59 Å². The van der Waals surface area contributed by atoms with E-state index in [4.69, 9.17) is 14.2 Å². The minimum Gasteiger partial charge on any atom is -0.497 e. The zero-order valence-electron chi connectivity index (χ0n) is 12.8. The van der Waals surface area contributed by atoms with E-state index in [0.717, 1.165) is 5.57 Å². The van der Waals surface area contributed by atoms with Crippen molar-refractivity contribution in [2.75, 3.05) is 7.11 Å². The van der Waals surface area contributed by atoms with Crippen molar-refractivity contribution in [3.63, 3.8) is 0 Å². The first kappa shape index (κ1) is 17.0. The lowest BCUT2D eigenvalue weighted by Crippen LogP contribution is -2.25. The van der Waals surface area contributed by atoms with E-state index in [1.54, 1.807) is 26.0 Å². The molecular weight excluding hydrogens is 272 g/mol. The van der Waals surface area contributed by atoms with E-state index in [0.29, 0.717) is 25.0 Å². The van der Waals surface area contributed by atoms with Crippen LogP contribution in [0.5, 0.6) is 0 Å². The van der Waals surface area contributed by atoms with Crippen molar-refractivity contribution in [2.45, 2.75) is 45.3 Å². The van der Waals surface area contributed by atoms with Gasteiger partial charge in [0.25, 0.3) is 0 Å². The normalized spacial score (nSPS) is 18.9. The molecule has 5 nitrogen and oxygen atoms in total. The van der Waals surface area contributed by atoms with Gasteiger partial charge < -0.3 is 14.2 Å². The van der Waals surface area contributed by atoms with Crippen molar-refractivity contribution >= 4 is 11.9 Å². The maximum atomic E-state index is 11.4. The maximum Gasteiger partial charge on any atom is 0.306 e. The number of esters is 2. The standard InChI is InChI=1S/C16H22O5/c1-5-12(20-15(17)6-2)11-8-9-13(14(10-11)19-4)21-16(18)7-3/h5,8,10,12-13H,1,6-7,9H2,2-4H3. The van der Waals surface area contributed by atoms with Gasteiger partial charge in [-0.25, -0.2) is 0 Å². The minimum atomic E-state index is -0.523. The molecule has 0 fully saturated rings. The molecule has 116 valence electrons. The van der Waals surface area contributed by atoms with E-state index >= 15 is 0 Å². The second kappa shape index (κ2) is 8.29. The third-order valence-corrected chi connectivity index (χ3v) is 3.08. The number of methoxy groups -OCH3 is 1. The average molecular weight is 294 g/mol. The number of hydrogen-bond acceptors (Lipinski definition) is 5. The Morgan fingerprint density at radius 2 is 2.05 bits per heavy atom. The molecular formula is C16H22O5. The van der Waals surface area contributed by atoms with Crippen molar-refractivity contribution in [2.24, 2.45) is 0 Å². The van der Waals surface area contributed by atoms with Crippen molar-refractivity contribution in [3.05, 3.63) is 36.1 Å². The molecule has 0 saturated heterocycles. The molecule has 1 rings (SSSR count). The van der Waals surface area contributed by atoms with Gasteiger partial charge >= 0.3 is 11.9 Å². The molecule has 1 aliphatic rings. The maximum absolute atomic E-state index is 11.4. The van der Waals surface area contributed by atoms with Gasteiger partial charge in [0.1, 0.15) is 11.9 Å². The SMILES string of the molecule is C=CC(OC(=O)CC)C1=CCC(OC(=O)CC)C(OC)=C1. The predicted molar refractivity (Wildman–Crippen MR) is 78.3 cm³/mol. The van der Waals surface area contributed by atoms with Crippen LogP contribution in [0.2, 0.25) is 0 Å². The molecule has 0 aromatic carbocycles. The summed E-state index contributed by atoms with van der Waals surface area (Å²) in [5, 5.41) is 0. The molecule has 0 heterocycles. The second-order valence-corrected chi connectivity index (χ2v) is 4.52. The van der Waals surface area contributed by atoms with Crippen LogP contribution in [0.25, 0.3) is 0 Å². The van der Waals surface area contributed by atoms with E-state index < -0.39 is 12.2 Å². The van der Waals surface area contributed by atoms with Crippen LogP contribution < -0.4 is 0 Å². The first-order valence-electron chi connectivity index (χ1n) is 7.02. The van der Waals surface area contributed by atoms with Gasteiger partial charge in [0.2, 0.25) is 0 Å². The summed E-state index contributed by atoms with van der Waals surface area (Å²) in [5.74, 6) is -0.0427. The fourth-order valence-electron chi connectivity index (χ4n) is 1.89. The van der Waals surface area contributed by atoms with Crippen molar-refractivity contribution in [1.29, 1.82) is 0 Å². The monoisotopic (exact) mass is 294 g/mol. The van der Waals surface area contributed by atoms with Crippen LogP contribution in [-0.4, -0.2) is 31.3 Å². The third kappa shape index (κ3) is 4.77. The molecule has 2 unspecified atom stereocenters. The van der Waals surface area contributed by atoms with Gasteiger partial charge in [-0.15, -0.1) is 0 Å². The van der Waals surface area contributed by atoms with E-state index in [1.165, 1.54) is 7.11 Å². The van der Waals surface area contributed by atoms with E-state index in [2.05, 4.69) is 6.58 Å². The first-order valence-corrected chi connectivity index (χ1v) is 7.02. The Morgan fingerprint density at radius 1 is 1.38 bits per heavy atom. The third-order valence-electron chi connectivity index (χ3n) is 3.08. The van der Waals surface area contributed by atoms with Crippen LogP contribution in [0.1, 0.15) is 33.1 Å². The summed E-state index contributed by atoms with van der Waals surface area (Å²) in [5.41, 5.74) is 0.771. The summed E-state index contributed by atoms with van der Waals surface area (Å²) < 4.78 is 15.9. The molecule has 0 N–H and O–H groups in total. The van der Waals surface area contributed by atoms with Crippen LogP contribution in [0.4, 0.5) is 0 Å². The van der Waals surface area contributed by atoms with Crippen LogP contribution in [0, 0.1) is 0 Å². The summed E-state index contributed by atoms with van der Waals surface area (Å²) in [4.78, 5) is 22.8. The fraction of sp³-hybridized carbons (Fsp3) is 0.500. The Hall–Kier alpha value is -2.04. The predicted octanol–water partition coefficient (Wildman–Crippen LogP) is 2.68. The molecule has 0 aromatic heterocycles. The smallest absolute Gasteiger partial charge is 0.306 e. The Labute approximate surface area is 125 Å². The second-order valence-electron chi connectivity index (χ2n) is 4.52. The van der Waals surface area contributed by atoms with Crippen LogP contribution in [-0.2, 0) is 23.8 Å². The Balaban J connectivity index is 2.83. The fourth-order valence-corrected chi connectivity index (χ4v) is 1.89. The molecule has 0 spiro atoms. The molecule has 0 saturated carbocycles. The number of rotatable bonds is 7. The molecule has 0 bridgehead atoms. The van der Waals surface area contributed by atoms with Gasteiger partial charge in [-0.05, 0) is 17.7 Å². The molecule has 0 amide bonds. The summed E-state index contributed by atoms with van der Waals surface area (Å²) in [6.07, 6.45) is 5.29. The molecule has 0 aromatic rings. The Bertz CT molecular complexity index is 461. The van der Waals surface area contributed by atoms with Gasteiger partial charge in [-0.3, -0.25) is 9.59 Å². The highest BCUT2D eigenvalue weighted by atomic mass is 16.6. The largest absolute Gasteiger partial charge is 0.497 e. The first-order chi connectivity index (χ1) is 10.0. The van der Waals surface area contributed by atoms with Gasteiger partial charge in [-0.2, -0.15) is 0 Å². The topological polar surface area (TPSA) is 61.8 Å². The number of carbonyl (C=O) groups excluding carboxylic acids is 2. The Kier molecular flexibility index (Phi) is 6.72. The quantitative estimate of drug-likeness (QED) is 0.533. The Morgan fingerprint density at radius 3 is 2.57 bits per heavy atom. The highest BCUT2D eigenvalue weighted by Crippen LogP contribution is 2.25. The number of ether oxygens (including phenoxy) is 3. The van der Waals surface area contributed by atoms with E-state index in [-0.39, 0.29) is 11.9 Å². The van der Waals surface area contributed by atoms with Crippen molar-refractivity contribution in [3.8, 4) is 0 Å². The molecule has 0 aliphatic heterocycles. The van der Waals surface area contributed by atoms with Crippen LogP contribution in [0.15, 0.2) is 36.1 Å². The highest BCUT2D eigenvalue weighted by molar-refractivity contribution is 5.70. The molecule has 2 atom stereocenters. The lowest BCUT2D eigenvalue weighted by molar-refractivity contribution is -0.148. The van der Waals surface area contributed by atoms with Crippen LogP contribution in [0.3, 0.4) is 0 Å². The van der Waals surface area contributed by atoms with Gasteiger partial charge in [0.05, 0.1) is 7.11 Å². The summed E-state index contributed by atoms with van der Waals surface area (Å²) >= 11 is 0. The number of carbonyl (C=O) groups is 2. The number of hydrogen-bond donors (Lipinski definition) is 0. The zero-order valence-corrected chi connectivity index (χ0v) is 12.8. The molecule has 1 aliphatic carbocycles. The van der Waals surface area contributed by atoms with Gasteiger partial charge in [0.15, 0.2) is 6.10 Å². The summed E-state index contributed by atoms with van der Waals surface area (Å²) in [6.45, 7) is 7.15. The van der Waals surface area contributed by atoms with Crippen LogP contribution >= 0.6 is 0 Å². The van der Waals surface area contributed by atoms with Gasteiger partial charge in [-0.1, -0.05) is 26.5 Å². The van der Waals surface area contributed by atoms with Gasteiger partial charge in [0, 0.05) is 19.3 Å². The lowest BCUT2D eigenvalue weighted by Gasteiger charge is -2.25. The molecule has 5 heteroatoms. The van der Waals surface area contributed by atoms with Crippen molar-refractivity contribution in [1.82, 2.24) is 0 Å². The van der Waals surface area contributed by atoms with E-state index in [1.807, 2.05) is 6.08 Å². The molecule has 0 radical (unpaired) electrons. The summed E-state index contributed by atoms with van der Waals surface area (Å²) in [7, 11) is 1.52. The minimum absolute atomic E-state index is 0.280. The summed E-state index contributed by atoms with van der Waals surface area (Å²) in [6, 6.07) is 0. The lowest BCUT2D eigenvalue weighted by atomic mass is 9.98. The van der Waals surface area contributed by atoms with Crippen molar-refractivity contribution < 1.29 is 23.8 Å².